The Morgan fingerprint density at radius 3 is 3.00 bits per heavy atom. The Morgan fingerprint density at radius 1 is 1.70 bits per heavy atom. The van der Waals surface area contributed by atoms with E-state index in [1.54, 1.807) is 0 Å². The van der Waals surface area contributed by atoms with Gasteiger partial charge in [0.05, 0.1) is 0 Å². The Morgan fingerprint density at radius 2 is 2.50 bits per heavy atom. The summed E-state index contributed by atoms with van der Waals surface area (Å²) in [5.41, 5.74) is 5.03. The van der Waals surface area contributed by atoms with E-state index >= 15 is 0 Å². The third kappa shape index (κ3) is 2.35. The van der Waals surface area contributed by atoms with Crippen LogP contribution in [0.25, 0.3) is 0 Å². The first-order valence-corrected chi connectivity index (χ1v) is 3.65. The predicted molar refractivity (Wildman–Crippen MR) is 37.4 cm³/mol. The monoisotopic (exact) mass is 143 g/mol. The summed E-state index contributed by atoms with van der Waals surface area (Å²) >= 11 is 0. The molecular weight excluding hydrogens is 130 g/mol. The number of primary amides is 1. The highest BCUT2D eigenvalue weighted by Gasteiger charge is 2.15. The number of carbonyl (C=O) groups is 1. The lowest BCUT2D eigenvalue weighted by Gasteiger charge is -2.20. The molecule has 58 valence electrons. The van der Waals surface area contributed by atoms with E-state index in [9.17, 15) is 4.79 Å². The zero-order valence-electron chi connectivity index (χ0n) is 6.01. The first-order valence-electron chi connectivity index (χ1n) is 3.65. The number of ether oxygens (including phenoxy) is 1. The molecule has 1 heterocycles. The highest BCUT2D eigenvalue weighted by atomic mass is 16.5. The van der Waals surface area contributed by atoms with Crippen LogP contribution in [0.5, 0.6) is 0 Å². The molecule has 3 heteroatoms. The molecular formula is C7H13NO2. The molecule has 0 aromatic heterocycles. The van der Waals surface area contributed by atoms with Gasteiger partial charge in [0.25, 0.3) is 0 Å². The number of rotatable bonds is 2. The topological polar surface area (TPSA) is 52.3 Å². The van der Waals surface area contributed by atoms with Crippen LogP contribution in [0.4, 0.5) is 0 Å². The minimum absolute atomic E-state index is 0.212. The Hall–Kier alpha value is -0.570. The van der Waals surface area contributed by atoms with Gasteiger partial charge in [-0.3, -0.25) is 4.79 Å². The van der Waals surface area contributed by atoms with E-state index in [-0.39, 0.29) is 5.91 Å². The van der Waals surface area contributed by atoms with Crippen LogP contribution in [0.2, 0.25) is 0 Å². The van der Waals surface area contributed by atoms with E-state index in [1.807, 2.05) is 0 Å². The van der Waals surface area contributed by atoms with Gasteiger partial charge in [0.2, 0.25) is 5.91 Å². The maximum Gasteiger partial charge on any atom is 0.217 e. The van der Waals surface area contributed by atoms with E-state index < -0.39 is 0 Å². The van der Waals surface area contributed by atoms with Crippen molar-refractivity contribution >= 4 is 5.91 Å². The van der Waals surface area contributed by atoms with Gasteiger partial charge in [-0.2, -0.15) is 0 Å². The largest absolute Gasteiger partial charge is 0.381 e. The average molecular weight is 143 g/mol. The van der Waals surface area contributed by atoms with Gasteiger partial charge in [0.15, 0.2) is 0 Å². The van der Waals surface area contributed by atoms with Crippen molar-refractivity contribution in [1.29, 1.82) is 0 Å². The van der Waals surface area contributed by atoms with E-state index in [1.165, 1.54) is 0 Å². The summed E-state index contributed by atoms with van der Waals surface area (Å²) < 4.78 is 5.18. The minimum atomic E-state index is -0.212. The van der Waals surface area contributed by atoms with Gasteiger partial charge in [-0.25, -0.2) is 0 Å². The summed E-state index contributed by atoms with van der Waals surface area (Å²) in [5, 5.41) is 0. The van der Waals surface area contributed by atoms with Gasteiger partial charge in [-0.05, 0) is 18.8 Å². The third-order valence-electron chi connectivity index (χ3n) is 1.74. The van der Waals surface area contributed by atoms with Gasteiger partial charge in [-0.1, -0.05) is 0 Å². The molecule has 1 aliphatic rings. The molecule has 1 rings (SSSR count). The van der Waals surface area contributed by atoms with E-state index in [2.05, 4.69) is 0 Å². The molecule has 10 heavy (non-hydrogen) atoms. The van der Waals surface area contributed by atoms with Crippen molar-refractivity contribution in [2.45, 2.75) is 19.3 Å². The molecule has 1 fully saturated rings. The van der Waals surface area contributed by atoms with Crippen LogP contribution in [0.15, 0.2) is 0 Å². The SMILES string of the molecule is NC(=O)C[C@H]1CCCOC1. The third-order valence-corrected chi connectivity index (χ3v) is 1.74. The van der Waals surface area contributed by atoms with Crippen molar-refractivity contribution in [2.24, 2.45) is 11.7 Å². The van der Waals surface area contributed by atoms with Gasteiger partial charge >= 0.3 is 0 Å². The summed E-state index contributed by atoms with van der Waals surface area (Å²) in [6, 6.07) is 0. The van der Waals surface area contributed by atoms with Crippen LogP contribution < -0.4 is 5.73 Å². The Labute approximate surface area is 60.5 Å². The second kappa shape index (κ2) is 3.56. The Kier molecular flexibility index (Phi) is 2.68. The van der Waals surface area contributed by atoms with E-state index in [0.29, 0.717) is 18.9 Å². The molecule has 3 nitrogen and oxygen atoms in total. The Bertz CT molecular complexity index is 119. The molecule has 2 N–H and O–H groups in total. The van der Waals surface area contributed by atoms with Crippen molar-refractivity contribution in [3.05, 3.63) is 0 Å². The van der Waals surface area contributed by atoms with Crippen molar-refractivity contribution in [1.82, 2.24) is 0 Å². The van der Waals surface area contributed by atoms with Crippen molar-refractivity contribution in [3.8, 4) is 0 Å². The average Bonchev–Trinajstić information content (AvgIpc) is 1.88. The summed E-state index contributed by atoms with van der Waals surface area (Å²) in [4.78, 5) is 10.4. The molecule has 0 aromatic rings. The zero-order valence-corrected chi connectivity index (χ0v) is 6.01. The fourth-order valence-electron chi connectivity index (χ4n) is 1.25. The molecule has 0 spiro atoms. The van der Waals surface area contributed by atoms with Crippen LogP contribution in [0, 0.1) is 5.92 Å². The van der Waals surface area contributed by atoms with Gasteiger partial charge in [-0.15, -0.1) is 0 Å². The molecule has 0 aliphatic carbocycles. The molecule has 1 aliphatic heterocycles. The van der Waals surface area contributed by atoms with E-state index in [0.717, 1.165) is 19.4 Å². The van der Waals surface area contributed by atoms with E-state index in [4.69, 9.17) is 10.5 Å². The molecule has 0 saturated carbocycles. The van der Waals surface area contributed by atoms with Crippen LogP contribution in [0.3, 0.4) is 0 Å². The number of nitrogens with two attached hydrogens (primary N) is 1. The lowest BCUT2D eigenvalue weighted by Crippen LogP contribution is -2.23. The predicted octanol–water partition coefficient (Wildman–Crippen LogP) is 0.288. The van der Waals surface area contributed by atoms with Gasteiger partial charge in [0, 0.05) is 19.6 Å². The van der Waals surface area contributed by atoms with Crippen LogP contribution in [-0.4, -0.2) is 19.1 Å². The number of hydrogen-bond donors (Lipinski definition) is 1. The lowest BCUT2D eigenvalue weighted by atomic mass is 9.99. The molecule has 1 amide bonds. The molecule has 0 bridgehead atoms. The fraction of sp³-hybridized carbons (Fsp3) is 0.857. The molecule has 1 atom stereocenters. The smallest absolute Gasteiger partial charge is 0.217 e. The molecule has 0 radical (unpaired) electrons. The van der Waals surface area contributed by atoms with Crippen molar-refractivity contribution in [3.63, 3.8) is 0 Å². The highest BCUT2D eigenvalue weighted by Crippen LogP contribution is 2.15. The van der Waals surface area contributed by atoms with Crippen LogP contribution >= 0.6 is 0 Å². The molecule has 0 aromatic carbocycles. The number of amides is 1. The lowest BCUT2D eigenvalue weighted by molar-refractivity contribution is -0.119. The normalized spacial score (nSPS) is 26.2. The first-order chi connectivity index (χ1) is 4.79. The number of hydrogen-bond acceptors (Lipinski definition) is 2. The van der Waals surface area contributed by atoms with Crippen molar-refractivity contribution < 1.29 is 9.53 Å². The zero-order chi connectivity index (χ0) is 7.40. The minimum Gasteiger partial charge on any atom is -0.381 e. The summed E-state index contributed by atoms with van der Waals surface area (Å²) in [5.74, 6) is 0.168. The Balaban J connectivity index is 2.19. The van der Waals surface area contributed by atoms with Gasteiger partial charge in [0.1, 0.15) is 0 Å². The van der Waals surface area contributed by atoms with Crippen LogP contribution in [-0.2, 0) is 9.53 Å². The highest BCUT2D eigenvalue weighted by molar-refractivity contribution is 5.73. The number of carbonyl (C=O) groups excluding carboxylic acids is 1. The quantitative estimate of drug-likeness (QED) is 0.604. The van der Waals surface area contributed by atoms with Gasteiger partial charge < -0.3 is 10.5 Å². The molecule has 0 unspecified atom stereocenters. The summed E-state index contributed by atoms with van der Waals surface area (Å²) in [7, 11) is 0. The fourth-order valence-corrected chi connectivity index (χ4v) is 1.25. The van der Waals surface area contributed by atoms with Crippen LogP contribution in [0.1, 0.15) is 19.3 Å². The second-order valence-electron chi connectivity index (χ2n) is 2.75. The summed E-state index contributed by atoms with van der Waals surface area (Å²) in [6.45, 7) is 1.55. The molecule has 1 saturated heterocycles. The summed E-state index contributed by atoms with van der Waals surface area (Å²) in [6.07, 6.45) is 2.64. The first kappa shape index (κ1) is 7.54. The second-order valence-corrected chi connectivity index (χ2v) is 2.75. The maximum absolute atomic E-state index is 10.4. The maximum atomic E-state index is 10.4. The van der Waals surface area contributed by atoms with Crippen molar-refractivity contribution in [2.75, 3.05) is 13.2 Å². The standard InChI is InChI=1S/C7H13NO2/c8-7(9)4-6-2-1-3-10-5-6/h6H,1-5H2,(H2,8,9)/t6-/m1/s1.